The Morgan fingerprint density at radius 3 is 2.42 bits per heavy atom. The van der Waals surface area contributed by atoms with Crippen LogP contribution in [0.5, 0.6) is 11.5 Å². The molecule has 0 radical (unpaired) electrons. The molecule has 1 atom stereocenters. The van der Waals surface area contributed by atoms with Crippen LogP contribution in [0.25, 0.3) is 5.69 Å². The molecule has 6 heteroatoms. The number of methoxy groups -OCH3 is 2. The highest BCUT2D eigenvalue weighted by molar-refractivity contribution is 5.94. The Morgan fingerprint density at radius 1 is 1.08 bits per heavy atom. The van der Waals surface area contributed by atoms with E-state index < -0.39 is 0 Å². The minimum Gasteiger partial charge on any atom is -0.493 e. The lowest BCUT2D eigenvalue weighted by Gasteiger charge is -2.17. The molecule has 1 heterocycles. The molecule has 1 aromatic heterocycles. The second-order valence-electron chi connectivity index (χ2n) is 5.83. The van der Waals surface area contributed by atoms with Crippen molar-refractivity contribution in [2.75, 3.05) is 14.2 Å². The Kier molecular flexibility index (Phi) is 5.22. The zero-order valence-electron chi connectivity index (χ0n) is 15.0. The summed E-state index contributed by atoms with van der Waals surface area (Å²) in [6.45, 7) is 1.93. The molecule has 0 aliphatic carbocycles. The average molecular weight is 351 g/mol. The minimum absolute atomic E-state index is 0.135. The van der Waals surface area contributed by atoms with Crippen LogP contribution in [0.3, 0.4) is 0 Å². The van der Waals surface area contributed by atoms with Gasteiger partial charge in [0, 0.05) is 23.6 Å². The molecule has 0 saturated heterocycles. The molecule has 6 nitrogen and oxygen atoms in total. The summed E-state index contributed by atoms with van der Waals surface area (Å²) < 4.78 is 12.4. The van der Waals surface area contributed by atoms with E-state index in [1.807, 2.05) is 48.0 Å². The number of benzene rings is 2. The minimum atomic E-state index is -0.171. The zero-order valence-corrected chi connectivity index (χ0v) is 15.0. The van der Waals surface area contributed by atoms with Gasteiger partial charge in [0.25, 0.3) is 5.91 Å². The van der Waals surface area contributed by atoms with Gasteiger partial charge in [0.05, 0.1) is 26.6 Å². The number of nitrogens with one attached hydrogen (secondary N) is 1. The van der Waals surface area contributed by atoms with Gasteiger partial charge in [0.2, 0.25) is 0 Å². The number of aromatic nitrogens is 2. The standard InChI is InChI=1S/C20H21N3O3/c1-14(16-6-9-18(25-2)19(12-16)26-3)22-20(24)15-4-7-17(8-5-15)23-11-10-21-13-23/h4-14H,1-3H3,(H,22,24). The SMILES string of the molecule is COc1ccc(C(C)NC(=O)c2ccc(-n3ccnc3)cc2)cc1OC. The van der Waals surface area contributed by atoms with Crippen LogP contribution in [-0.4, -0.2) is 29.7 Å². The maximum absolute atomic E-state index is 12.5. The average Bonchev–Trinajstić information content (AvgIpc) is 3.22. The molecular formula is C20H21N3O3. The first-order valence-electron chi connectivity index (χ1n) is 8.23. The van der Waals surface area contributed by atoms with Gasteiger partial charge in [-0.25, -0.2) is 4.98 Å². The number of amides is 1. The van der Waals surface area contributed by atoms with Gasteiger partial charge >= 0.3 is 0 Å². The molecule has 134 valence electrons. The summed E-state index contributed by atoms with van der Waals surface area (Å²) >= 11 is 0. The number of hydrogen-bond donors (Lipinski definition) is 1. The summed E-state index contributed by atoms with van der Waals surface area (Å²) in [5.41, 5.74) is 2.49. The van der Waals surface area contributed by atoms with Crippen molar-refractivity contribution in [2.24, 2.45) is 0 Å². The van der Waals surface area contributed by atoms with Crippen LogP contribution in [-0.2, 0) is 0 Å². The lowest BCUT2D eigenvalue weighted by molar-refractivity contribution is 0.0940. The van der Waals surface area contributed by atoms with E-state index in [1.165, 1.54) is 0 Å². The van der Waals surface area contributed by atoms with Crippen LogP contribution in [0.2, 0.25) is 0 Å². The van der Waals surface area contributed by atoms with Crippen molar-refractivity contribution in [1.29, 1.82) is 0 Å². The molecule has 0 saturated carbocycles. The van der Waals surface area contributed by atoms with E-state index in [1.54, 1.807) is 38.9 Å². The first-order valence-corrected chi connectivity index (χ1v) is 8.23. The number of rotatable bonds is 6. The normalized spacial score (nSPS) is 11.7. The highest BCUT2D eigenvalue weighted by atomic mass is 16.5. The molecule has 0 aliphatic heterocycles. The van der Waals surface area contributed by atoms with Crippen molar-refractivity contribution < 1.29 is 14.3 Å². The molecule has 0 fully saturated rings. The first-order chi connectivity index (χ1) is 12.6. The van der Waals surface area contributed by atoms with Gasteiger partial charge in [-0.2, -0.15) is 0 Å². The molecule has 3 rings (SSSR count). The van der Waals surface area contributed by atoms with Gasteiger partial charge in [-0.3, -0.25) is 4.79 Å². The van der Waals surface area contributed by atoms with E-state index in [4.69, 9.17) is 9.47 Å². The Hall–Kier alpha value is -3.28. The molecule has 2 aromatic carbocycles. The highest BCUT2D eigenvalue weighted by Crippen LogP contribution is 2.30. The fourth-order valence-electron chi connectivity index (χ4n) is 2.68. The number of carbonyl (C=O) groups is 1. The van der Waals surface area contributed by atoms with Gasteiger partial charge in [0.1, 0.15) is 0 Å². The van der Waals surface area contributed by atoms with Crippen molar-refractivity contribution in [3.8, 4) is 17.2 Å². The van der Waals surface area contributed by atoms with Gasteiger partial charge in [-0.1, -0.05) is 6.07 Å². The molecule has 1 N–H and O–H groups in total. The molecule has 0 bridgehead atoms. The molecule has 0 spiro atoms. The largest absolute Gasteiger partial charge is 0.493 e. The summed E-state index contributed by atoms with van der Waals surface area (Å²) in [5.74, 6) is 1.16. The van der Waals surface area contributed by atoms with Crippen molar-refractivity contribution in [3.63, 3.8) is 0 Å². The molecule has 0 aliphatic rings. The Balaban J connectivity index is 1.71. The zero-order chi connectivity index (χ0) is 18.5. The number of carbonyl (C=O) groups excluding carboxylic acids is 1. The van der Waals surface area contributed by atoms with Crippen molar-refractivity contribution in [3.05, 3.63) is 72.3 Å². The van der Waals surface area contributed by atoms with E-state index in [0.717, 1.165) is 11.3 Å². The van der Waals surface area contributed by atoms with Crippen molar-refractivity contribution >= 4 is 5.91 Å². The summed E-state index contributed by atoms with van der Waals surface area (Å²) in [6, 6.07) is 12.8. The fraction of sp³-hybridized carbons (Fsp3) is 0.200. The number of imidazole rings is 1. The Labute approximate surface area is 152 Å². The molecule has 26 heavy (non-hydrogen) atoms. The topological polar surface area (TPSA) is 65.4 Å². The van der Waals surface area contributed by atoms with Gasteiger partial charge in [-0.15, -0.1) is 0 Å². The molecule has 1 amide bonds. The molecule has 3 aromatic rings. The predicted molar refractivity (Wildman–Crippen MR) is 99.0 cm³/mol. The summed E-state index contributed by atoms with van der Waals surface area (Å²) in [6.07, 6.45) is 5.29. The van der Waals surface area contributed by atoms with E-state index in [2.05, 4.69) is 10.3 Å². The van der Waals surface area contributed by atoms with Gasteiger partial charge in [-0.05, 0) is 48.9 Å². The third-order valence-electron chi connectivity index (χ3n) is 4.19. The fourth-order valence-corrected chi connectivity index (χ4v) is 2.68. The van der Waals surface area contributed by atoms with Crippen LogP contribution >= 0.6 is 0 Å². The predicted octanol–water partition coefficient (Wildman–Crippen LogP) is 3.38. The number of ether oxygens (including phenoxy) is 2. The first kappa shape index (κ1) is 17.5. The smallest absolute Gasteiger partial charge is 0.251 e. The summed E-state index contributed by atoms with van der Waals surface area (Å²) in [4.78, 5) is 16.5. The highest BCUT2D eigenvalue weighted by Gasteiger charge is 2.14. The van der Waals surface area contributed by atoms with Crippen molar-refractivity contribution in [2.45, 2.75) is 13.0 Å². The van der Waals surface area contributed by atoms with Crippen LogP contribution < -0.4 is 14.8 Å². The maximum atomic E-state index is 12.5. The van der Waals surface area contributed by atoms with Crippen molar-refractivity contribution in [1.82, 2.24) is 14.9 Å². The number of hydrogen-bond acceptors (Lipinski definition) is 4. The quantitative estimate of drug-likeness (QED) is 0.739. The van der Waals surface area contributed by atoms with E-state index in [9.17, 15) is 4.79 Å². The molecular weight excluding hydrogens is 330 g/mol. The van der Waals surface area contributed by atoms with Crippen LogP contribution in [0.1, 0.15) is 28.9 Å². The summed E-state index contributed by atoms with van der Waals surface area (Å²) in [7, 11) is 3.18. The maximum Gasteiger partial charge on any atom is 0.251 e. The van der Waals surface area contributed by atoms with E-state index >= 15 is 0 Å². The lowest BCUT2D eigenvalue weighted by Crippen LogP contribution is -2.26. The summed E-state index contributed by atoms with van der Waals surface area (Å²) in [5, 5.41) is 3.00. The second kappa shape index (κ2) is 7.74. The third-order valence-corrected chi connectivity index (χ3v) is 4.19. The Bertz CT molecular complexity index is 874. The van der Waals surface area contributed by atoms with E-state index in [-0.39, 0.29) is 11.9 Å². The van der Waals surface area contributed by atoms with E-state index in [0.29, 0.717) is 17.1 Å². The van der Waals surface area contributed by atoms with Gasteiger partial charge < -0.3 is 19.4 Å². The molecule has 1 unspecified atom stereocenters. The third kappa shape index (κ3) is 3.69. The second-order valence-corrected chi connectivity index (χ2v) is 5.83. The van der Waals surface area contributed by atoms with Gasteiger partial charge in [0.15, 0.2) is 11.5 Å². The number of nitrogens with zero attached hydrogens (tertiary/aromatic N) is 2. The Morgan fingerprint density at radius 2 is 1.81 bits per heavy atom. The van der Waals surface area contributed by atoms with Crippen LogP contribution in [0.4, 0.5) is 0 Å². The monoisotopic (exact) mass is 351 g/mol. The van der Waals surface area contributed by atoms with Crippen LogP contribution in [0.15, 0.2) is 61.2 Å². The lowest BCUT2D eigenvalue weighted by atomic mass is 10.1. The van der Waals surface area contributed by atoms with Crippen LogP contribution in [0, 0.1) is 0 Å².